The van der Waals surface area contributed by atoms with Gasteiger partial charge in [-0.1, -0.05) is 18.2 Å². The fourth-order valence-electron chi connectivity index (χ4n) is 2.71. The Morgan fingerprint density at radius 3 is 2.41 bits per heavy atom. The number of nitrogens with zero attached hydrogens (tertiary/aromatic N) is 1. The first kappa shape index (κ1) is 22.6. The highest BCUT2D eigenvalue weighted by Gasteiger charge is 2.24. The highest BCUT2D eigenvalue weighted by molar-refractivity contribution is 7.92. The monoisotopic (exact) mass is 426 g/mol. The first-order chi connectivity index (χ1) is 13.7. The van der Waals surface area contributed by atoms with E-state index in [0.29, 0.717) is 10.1 Å². The predicted octanol–water partition coefficient (Wildman–Crippen LogP) is 3.01. The lowest BCUT2D eigenvalue weighted by molar-refractivity contribution is -0.121. The number of aryl methyl sites for hydroxylation is 1. The minimum atomic E-state index is -3.91. The highest BCUT2D eigenvalue weighted by atomic mass is 32.2. The van der Waals surface area contributed by atoms with Gasteiger partial charge < -0.3 is 10.1 Å². The molecule has 0 heterocycles. The summed E-state index contributed by atoms with van der Waals surface area (Å²) in [7, 11) is -3.91. The van der Waals surface area contributed by atoms with Crippen molar-refractivity contribution in [2.45, 2.75) is 19.8 Å². The minimum Gasteiger partial charge on any atom is -0.492 e. The molecule has 29 heavy (non-hydrogen) atoms. The first-order valence-corrected chi connectivity index (χ1v) is 10.9. The molecule has 6 nitrogen and oxygen atoms in total. The maximum absolute atomic E-state index is 13.9. The van der Waals surface area contributed by atoms with Gasteiger partial charge in [-0.25, -0.2) is 17.2 Å². The van der Waals surface area contributed by atoms with Crippen molar-refractivity contribution in [3.05, 3.63) is 59.7 Å². The number of carbonyl (C=O) groups is 1. The number of carbonyl (C=O) groups excluding carboxylic acids is 1. The maximum atomic E-state index is 13.9. The van der Waals surface area contributed by atoms with Crippen LogP contribution >= 0.6 is 0 Å². The van der Waals surface area contributed by atoms with Crippen LogP contribution in [0, 0.1) is 18.6 Å². The minimum absolute atomic E-state index is 0.00648. The van der Waals surface area contributed by atoms with E-state index in [1.165, 1.54) is 0 Å². The Bertz CT molecular complexity index is 931. The summed E-state index contributed by atoms with van der Waals surface area (Å²) in [5.41, 5.74) is 0.426. The van der Waals surface area contributed by atoms with Crippen LogP contribution in [0.1, 0.15) is 18.4 Å². The molecule has 0 bridgehead atoms. The summed E-state index contributed by atoms with van der Waals surface area (Å²) in [6, 6.07) is 10.6. The van der Waals surface area contributed by atoms with E-state index in [4.69, 9.17) is 4.74 Å². The standard InChI is InChI=1S/C20H24F2N2O4S/c1-15-6-3-7-16(14-15)28-13-11-23-19(25)10-5-12-24(29(2,26)27)20-17(21)8-4-9-18(20)22/h3-4,6-9,14H,5,10-13H2,1-2H3,(H,23,25). The van der Waals surface area contributed by atoms with Gasteiger partial charge in [-0.15, -0.1) is 0 Å². The Morgan fingerprint density at radius 1 is 1.14 bits per heavy atom. The van der Waals surface area contributed by atoms with Crippen molar-refractivity contribution in [3.63, 3.8) is 0 Å². The Morgan fingerprint density at radius 2 is 1.79 bits per heavy atom. The van der Waals surface area contributed by atoms with Crippen LogP contribution in [0.4, 0.5) is 14.5 Å². The van der Waals surface area contributed by atoms with Crippen molar-refractivity contribution in [2.24, 2.45) is 0 Å². The van der Waals surface area contributed by atoms with Gasteiger partial charge in [0.15, 0.2) is 11.6 Å². The lowest BCUT2D eigenvalue weighted by atomic mass is 10.2. The Balaban J connectivity index is 1.81. The van der Waals surface area contributed by atoms with Gasteiger partial charge in [0.1, 0.15) is 18.0 Å². The molecule has 158 valence electrons. The summed E-state index contributed by atoms with van der Waals surface area (Å²) in [5, 5.41) is 2.66. The van der Waals surface area contributed by atoms with Gasteiger partial charge in [-0.05, 0) is 43.2 Å². The third-order valence-electron chi connectivity index (χ3n) is 4.03. The summed E-state index contributed by atoms with van der Waals surface area (Å²) in [4.78, 5) is 11.9. The number of sulfonamides is 1. The van der Waals surface area contributed by atoms with Crippen LogP contribution in [0.5, 0.6) is 5.75 Å². The zero-order chi connectivity index (χ0) is 21.4. The van der Waals surface area contributed by atoms with E-state index in [-0.39, 0.29) is 38.4 Å². The van der Waals surface area contributed by atoms with Gasteiger partial charge in [0, 0.05) is 13.0 Å². The van der Waals surface area contributed by atoms with E-state index < -0.39 is 27.3 Å². The topological polar surface area (TPSA) is 75.7 Å². The molecule has 0 radical (unpaired) electrons. The molecule has 0 spiro atoms. The van der Waals surface area contributed by atoms with Crippen LogP contribution in [0.2, 0.25) is 0 Å². The summed E-state index contributed by atoms with van der Waals surface area (Å²) in [5.74, 6) is -1.56. The van der Waals surface area contributed by atoms with Gasteiger partial charge in [0.05, 0.1) is 12.8 Å². The molecule has 0 saturated carbocycles. The third kappa shape index (κ3) is 7.01. The number of halogens is 2. The average molecular weight is 426 g/mol. The normalized spacial score (nSPS) is 11.2. The number of anilines is 1. The summed E-state index contributed by atoms with van der Waals surface area (Å²) in [6.07, 6.45) is 0.972. The van der Waals surface area contributed by atoms with Crippen LogP contribution in [-0.4, -0.2) is 40.3 Å². The number of benzene rings is 2. The molecule has 1 N–H and O–H groups in total. The lowest BCUT2D eigenvalue weighted by Gasteiger charge is -2.23. The number of hydrogen-bond donors (Lipinski definition) is 1. The predicted molar refractivity (Wildman–Crippen MR) is 107 cm³/mol. The molecule has 9 heteroatoms. The van der Waals surface area contributed by atoms with Gasteiger partial charge >= 0.3 is 0 Å². The fraction of sp³-hybridized carbons (Fsp3) is 0.350. The maximum Gasteiger partial charge on any atom is 0.232 e. The molecule has 2 rings (SSSR count). The Hall–Kier alpha value is -2.68. The van der Waals surface area contributed by atoms with Crippen molar-refractivity contribution >= 4 is 21.6 Å². The van der Waals surface area contributed by atoms with E-state index in [1.807, 2.05) is 31.2 Å². The summed E-state index contributed by atoms with van der Waals surface area (Å²) in [6.45, 7) is 2.29. The molecule has 0 saturated heterocycles. The van der Waals surface area contributed by atoms with Crippen molar-refractivity contribution in [3.8, 4) is 5.75 Å². The lowest BCUT2D eigenvalue weighted by Crippen LogP contribution is -2.34. The molecule has 0 aliphatic heterocycles. The third-order valence-corrected chi connectivity index (χ3v) is 5.20. The molecule has 0 aromatic heterocycles. The molecular weight excluding hydrogens is 402 g/mol. The van der Waals surface area contributed by atoms with Crippen molar-refractivity contribution in [1.82, 2.24) is 5.32 Å². The molecule has 0 fully saturated rings. The van der Waals surface area contributed by atoms with Crippen LogP contribution in [0.15, 0.2) is 42.5 Å². The van der Waals surface area contributed by atoms with E-state index in [2.05, 4.69) is 5.32 Å². The molecule has 0 aliphatic carbocycles. The number of rotatable bonds is 10. The van der Waals surface area contributed by atoms with E-state index >= 15 is 0 Å². The summed E-state index contributed by atoms with van der Waals surface area (Å²) < 4.78 is 58.0. The second-order valence-corrected chi connectivity index (χ2v) is 8.43. The van der Waals surface area contributed by atoms with Gasteiger partial charge in [0.2, 0.25) is 15.9 Å². The van der Waals surface area contributed by atoms with Gasteiger partial charge in [-0.2, -0.15) is 0 Å². The van der Waals surface area contributed by atoms with Crippen LogP contribution in [-0.2, 0) is 14.8 Å². The highest BCUT2D eigenvalue weighted by Crippen LogP contribution is 2.25. The van der Waals surface area contributed by atoms with E-state index in [0.717, 1.165) is 30.0 Å². The Kier molecular flexibility index (Phi) is 7.95. The number of amides is 1. The van der Waals surface area contributed by atoms with E-state index in [1.54, 1.807) is 0 Å². The molecular formula is C20H24F2N2O4S. The molecule has 0 unspecified atom stereocenters. The second-order valence-electron chi connectivity index (χ2n) is 6.52. The number of ether oxygens (including phenoxy) is 1. The summed E-state index contributed by atoms with van der Waals surface area (Å²) >= 11 is 0. The van der Waals surface area contributed by atoms with Gasteiger partial charge in [-0.3, -0.25) is 9.10 Å². The fourth-order valence-corrected chi connectivity index (χ4v) is 3.67. The van der Waals surface area contributed by atoms with E-state index in [9.17, 15) is 22.0 Å². The molecule has 2 aromatic carbocycles. The van der Waals surface area contributed by atoms with Crippen LogP contribution in [0.25, 0.3) is 0 Å². The largest absolute Gasteiger partial charge is 0.492 e. The van der Waals surface area contributed by atoms with Gasteiger partial charge in [0.25, 0.3) is 0 Å². The molecule has 2 aromatic rings. The second kappa shape index (κ2) is 10.2. The SMILES string of the molecule is Cc1cccc(OCCNC(=O)CCCN(c2c(F)cccc2F)S(C)(=O)=O)c1. The first-order valence-electron chi connectivity index (χ1n) is 9.06. The van der Waals surface area contributed by atoms with Crippen molar-refractivity contribution in [2.75, 3.05) is 30.3 Å². The molecule has 1 amide bonds. The molecule has 0 aliphatic rings. The van der Waals surface area contributed by atoms with Crippen molar-refractivity contribution in [1.29, 1.82) is 0 Å². The number of hydrogen-bond acceptors (Lipinski definition) is 4. The number of para-hydroxylation sites is 1. The smallest absolute Gasteiger partial charge is 0.232 e. The zero-order valence-corrected chi connectivity index (χ0v) is 17.1. The average Bonchev–Trinajstić information content (AvgIpc) is 2.63. The zero-order valence-electron chi connectivity index (χ0n) is 16.3. The molecule has 0 atom stereocenters. The van der Waals surface area contributed by atoms with Crippen LogP contribution in [0.3, 0.4) is 0 Å². The quantitative estimate of drug-likeness (QED) is 0.593. The number of nitrogens with one attached hydrogen (secondary N) is 1. The van der Waals surface area contributed by atoms with Crippen molar-refractivity contribution < 1.29 is 26.7 Å². The van der Waals surface area contributed by atoms with Crippen LogP contribution < -0.4 is 14.4 Å². The Labute approximate surface area is 169 Å².